The highest BCUT2D eigenvalue weighted by Gasteiger charge is 2.43. The van der Waals surface area contributed by atoms with Crippen molar-refractivity contribution in [2.45, 2.75) is 18.9 Å². The van der Waals surface area contributed by atoms with Gasteiger partial charge >= 0.3 is 0 Å². The second-order valence-electron chi connectivity index (χ2n) is 14.8. The van der Waals surface area contributed by atoms with Gasteiger partial charge in [-0.25, -0.2) is 9.97 Å². The molecule has 0 amide bonds. The van der Waals surface area contributed by atoms with Crippen molar-refractivity contribution in [3.63, 3.8) is 0 Å². The minimum atomic E-state index is -0.0727. The summed E-state index contributed by atoms with van der Waals surface area (Å²) in [6, 6.07) is 61.3. The van der Waals surface area contributed by atoms with Crippen molar-refractivity contribution in [1.29, 1.82) is 0 Å². The van der Waals surface area contributed by atoms with E-state index in [1.165, 1.54) is 70.7 Å². The average Bonchev–Trinajstić information content (AvgIpc) is 3.73. The van der Waals surface area contributed by atoms with Gasteiger partial charge in [0.2, 0.25) is 0 Å². The van der Waals surface area contributed by atoms with Gasteiger partial charge < -0.3 is 9.13 Å². The summed E-state index contributed by atoms with van der Waals surface area (Å²) in [6.45, 7) is 0. The van der Waals surface area contributed by atoms with Crippen molar-refractivity contribution in [3.05, 3.63) is 197 Å². The molecule has 12 rings (SSSR count). The van der Waals surface area contributed by atoms with Gasteiger partial charge in [-0.15, -0.1) is 0 Å². The molecule has 4 nitrogen and oxygen atoms in total. The third-order valence-corrected chi connectivity index (χ3v) is 11.8. The van der Waals surface area contributed by atoms with E-state index >= 15 is 0 Å². The van der Waals surface area contributed by atoms with Crippen LogP contribution in [0.3, 0.4) is 0 Å². The molecule has 0 aliphatic heterocycles. The average molecular weight is 703 g/mol. The van der Waals surface area contributed by atoms with Crippen LogP contribution in [0, 0.1) is 0 Å². The van der Waals surface area contributed by atoms with Gasteiger partial charge in [0.15, 0.2) is 5.82 Å². The highest BCUT2D eigenvalue weighted by Crippen LogP contribution is 2.53. The number of aromatic nitrogens is 4. The van der Waals surface area contributed by atoms with Crippen molar-refractivity contribution in [1.82, 2.24) is 19.1 Å². The molecule has 0 fully saturated rings. The van der Waals surface area contributed by atoms with Gasteiger partial charge in [0.05, 0.1) is 33.5 Å². The molecule has 0 bridgehead atoms. The maximum absolute atomic E-state index is 5.43. The Kier molecular flexibility index (Phi) is 6.49. The molecule has 0 saturated carbocycles. The Hall–Kier alpha value is -7.04. The van der Waals surface area contributed by atoms with Crippen molar-refractivity contribution < 1.29 is 0 Å². The fraction of sp³-hybridized carbons (Fsp3) is 0.0588. The summed E-state index contributed by atoms with van der Waals surface area (Å²) in [4.78, 5) is 10.8. The maximum Gasteiger partial charge on any atom is 0.160 e. The largest absolute Gasteiger partial charge is 0.325 e. The Labute approximate surface area is 317 Å². The lowest BCUT2D eigenvalue weighted by atomic mass is 9.92. The van der Waals surface area contributed by atoms with Crippen molar-refractivity contribution in [2.75, 3.05) is 0 Å². The molecule has 55 heavy (non-hydrogen) atoms. The Morgan fingerprint density at radius 3 is 2.00 bits per heavy atom. The molecular formula is C51H34N4. The quantitative estimate of drug-likeness (QED) is 0.179. The molecule has 0 spiro atoms. The van der Waals surface area contributed by atoms with Crippen LogP contribution in [0.1, 0.15) is 35.7 Å². The predicted octanol–water partition coefficient (Wildman–Crippen LogP) is 10.7. The number of nitrogens with zero attached hydrogens (tertiary/aromatic N) is 4. The second kappa shape index (κ2) is 11.7. The number of rotatable bonds is 5. The first-order chi connectivity index (χ1) is 27.3. The van der Waals surface area contributed by atoms with E-state index in [9.17, 15) is 0 Å². The molecule has 0 N–H and O–H groups in total. The summed E-state index contributed by atoms with van der Waals surface area (Å²) in [7, 11) is 0. The van der Waals surface area contributed by atoms with Crippen LogP contribution in [0.2, 0.25) is 0 Å². The van der Waals surface area contributed by atoms with Gasteiger partial charge in [0.1, 0.15) is 6.04 Å². The summed E-state index contributed by atoms with van der Waals surface area (Å²) in [5.41, 5.74) is 14.1. The van der Waals surface area contributed by atoms with E-state index in [2.05, 4.69) is 185 Å². The van der Waals surface area contributed by atoms with Gasteiger partial charge in [-0.1, -0.05) is 146 Å². The highest BCUT2D eigenvalue weighted by molar-refractivity contribution is 6.23. The van der Waals surface area contributed by atoms with Crippen LogP contribution in [-0.2, 0) is 0 Å². The SMILES string of the molecule is C1=c2ccccc2=C(c2cccc(-c3nc(-c4ccccc4)nc4c3C4n3c4ccccc4c4ccc5c6ccccc6n(-c6ccccc6)c5c43)c2)CC1. The van der Waals surface area contributed by atoms with E-state index in [-0.39, 0.29) is 6.04 Å². The first-order valence-electron chi connectivity index (χ1n) is 19.2. The topological polar surface area (TPSA) is 35.6 Å². The monoisotopic (exact) mass is 702 g/mol. The van der Waals surface area contributed by atoms with E-state index in [4.69, 9.17) is 9.97 Å². The van der Waals surface area contributed by atoms with Gasteiger partial charge in [0.25, 0.3) is 0 Å². The van der Waals surface area contributed by atoms with Crippen molar-refractivity contribution in [3.8, 4) is 28.3 Å². The molecule has 258 valence electrons. The number of fused-ring (bicyclic) bond motifs is 9. The van der Waals surface area contributed by atoms with E-state index in [1.807, 2.05) is 0 Å². The van der Waals surface area contributed by atoms with Crippen molar-refractivity contribution in [2.24, 2.45) is 0 Å². The van der Waals surface area contributed by atoms with Gasteiger partial charge in [-0.3, -0.25) is 0 Å². The fourth-order valence-electron chi connectivity index (χ4n) is 9.32. The summed E-state index contributed by atoms with van der Waals surface area (Å²) in [5.74, 6) is 0.761. The summed E-state index contributed by atoms with van der Waals surface area (Å²) >= 11 is 0. The number of benzene rings is 7. The molecule has 3 aromatic heterocycles. The van der Waals surface area contributed by atoms with Crippen LogP contribution in [0.4, 0.5) is 0 Å². The van der Waals surface area contributed by atoms with Crippen LogP contribution in [0.25, 0.3) is 83.6 Å². The van der Waals surface area contributed by atoms with Gasteiger partial charge in [-0.2, -0.15) is 0 Å². The minimum Gasteiger partial charge on any atom is -0.325 e. The molecule has 2 aliphatic rings. The minimum absolute atomic E-state index is 0.0727. The zero-order valence-corrected chi connectivity index (χ0v) is 30.0. The summed E-state index contributed by atoms with van der Waals surface area (Å²) in [6.07, 6.45) is 4.43. The normalized spacial score (nSPS) is 14.7. The Balaban J connectivity index is 1.15. The first kappa shape index (κ1) is 30.4. The molecular weight excluding hydrogens is 669 g/mol. The molecule has 4 heteroatoms. The van der Waals surface area contributed by atoms with Crippen LogP contribution in [0.5, 0.6) is 0 Å². The lowest BCUT2D eigenvalue weighted by molar-refractivity contribution is 0.842. The van der Waals surface area contributed by atoms with E-state index < -0.39 is 0 Å². The maximum atomic E-state index is 5.43. The zero-order chi connectivity index (χ0) is 36.0. The summed E-state index contributed by atoms with van der Waals surface area (Å²) in [5, 5.41) is 7.62. The Bertz CT molecular complexity index is 3320. The third kappa shape index (κ3) is 4.52. The van der Waals surface area contributed by atoms with Crippen LogP contribution in [0.15, 0.2) is 170 Å². The van der Waals surface area contributed by atoms with Gasteiger partial charge in [0, 0.05) is 43.9 Å². The first-order valence-corrected chi connectivity index (χ1v) is 19.2. The molecule has 10 aromatic rings. The van der Waals surface area contributed by atoms with Gasteiger partial charge in [-0.05, 0) is 64.7 Å². The highest BCUT2D eigenvalue weighted by atomic mass is 15.1. The van der Waals surface area contributed by atoms with E-state index in [0.29, 0.717) is 0 Å². The van der Waals surface area contributed by atoms with E-state index in [1.54, 1.807) is 0 Å². The molecule has 2 aliphatic carbocycles. The standard InChI is InChI=1S/C51H34N4/c1-3-16-33(17-4-1)51-52-46(35-20-13-19-34(31-35)38-26-14-18-32-15-7-8-23-37(32)38)45-47(53-51)50(45)55-44-28-12-10-25-40(44)42-30-29-41-39-24-9-11-27-43(39)54(48(41)49(42)55)36-21-5-2-6-22-36/h1-13,15-25,27-31,50H,14,26H2. The number of para-hydroxylation sites is 3. The lowest BCUT2D eigenvalue weighted by Gasteiger charge is -2.13. The molecule has 0 saturated heterocycles. The molecule has 1 unspecified atom stereocenters. The van der Waals surface area contributed by atoms with E-state index in [0.717, 1.165) is 46.9 Å². The Morgan fingerprint density at radius 2 is 1.16 bits per heavy atom. The number of hydrogen-bond donors (Lipinski definition) is 0. The molecule has 1 atom stereocenters. The zero-order valence-electron chi connectivity index (χ0n) is 30.0. The Morgan fingerprint density at radius 1 is 0.509 bits per heavy atom. The lowest BCUT2D eigenvalue weighted by Crippen LogP contribution is -2.29. The van der Waals surface area contributed by atoms with Crippen LogP contribution >= 0.6 is 0 Å². The molecule has 0 radical (unpaired) electrons. The fourth-order valence-corrected chi connectivity index (χ4v) is 9.32. The predicted molar refractivity (Wildman–Crippen MR) is 226 cm³/mol. The van der Waals surface area contributed by atoms with Crippen LogP contribution < -0.4 is 10.4 Å². The second-order valence-corrected chi connectivity index (χ2v) is 14.8. The number of hydrogen-bond acceptors (Lipinski definition) is 2. The summed E-state index contributed by atoms with van der Waals surface area (Å²) < 4.78 is 5.02. The molecule has 3 heterocycles. The third-order valence-electron chi connectivity index (χ3n) is 11.8. The van der Waals surface area contributed by atoms with Crippen molar-refractivity contribution >= 4 is 55.3 Å². The van der Waals surface area contributed by atoms with Crippen LogP contribution in [-0.4, -0.2) is 19.1 Å². The smallest absolute Gasteiger partial charge is 0.160 e. The molecule has 7 aromatic carbocycles.